The Morgan fingerprint density at radius 1 is 1.04 bits per heavy atom. The molecular formula is C19H18O4. The number of hydrogen-bond donors (Lipinski definition) is 0. The van der Waals surface area contributed by atoms with Crippen LogP contribution in [-0.2, 0) is 6.42 Å². The first-order valence-electron chi connectivity index (χ1n) is 7.67. The van der Waals surface area contributed by atoms with Crippen LogP contribution in [0.15, 0.2) is 57.9 Å². The first-order valence-corrected chi connectivity index (χ1v) is 7.67. The molecule has 0 amide bonds. The first-order chi connectivity index (χ1) is 11.2. The normalized spacial score (nSPS) is 10.7. The maximum Gasteiger partial charge on any atom is 0.235 e. The third-order valence-electron chi connectivity index (χ3n) is 3.60. The average molecular weight is 310 g/mol. The molecule has 0 spiro atoms. The van der Waals surface area contributed by atoms with E-state index in [0.29, 0.717) is 29.1 Å². The summed E-state index contributed by atoms with van der Waals surface area (Å²) in [5, 5.41) is 0.472. The largest absolute Gasteiger partial charge is 0.494 e. The Bertz CT molecular complexity index is 880. The monoisotopic (exact) mass is 310 g/mol. The van der Waals surface area contributed by atoms with Gasteiger partial charge in [0.15, 0.2) is 0 Å². The Hall–Kier alpha value is -2.75. The molecule has 3 aromatic rings. The zero-order chi connectivity index (χ0) is 16.2. The van der Waals surface area contributed by atoms with E-state index in [1.165, 1.54) is 6.26 Å². The fourth-order valence-electron chi connectivity index (χ4n) is 2.43. The Morgan fingerprint density at radius 2 is 1.87 bits per heavy atom. The number of hydrogen-bond acceptors (Lipinski definition) is 4. The van der Waals surface area contributed by atoms with Gasteiger partial charge in [0.05, 0.1) is 12.0 Å². The fraction of sp³-hybridized carbons (Fsp3) is 0.211. The summed E-state index contributed by atoms with van der Waals surface area (Å²) in [4.78, 5) is 12.6. The zero-order valence-electron chi connectivity index (χ0n) is 13.2. The molecule has 4 nitrogen and oxygen atoms in total. The lowest BCUT2D eigenvalue weighted by molar-refractivity contribution is 0.340. The van der Waals surface area contributed by atoms with Crippen LogP contribution >= 0.6 is 0 Å². The molecule has 0 atom stereocenters. The molecule has 0 aliphatic rings. The molecule has 0 fully saturated rings. The summed E-state index contributed by atoms with van der Waals surface area (Å²) in [5.74, 6) is 1.53. The van der Waals surface area contributed by atoms with Gasteiger partial charge >= 0.3 is 0 Å². The van der Waals surface area contributed by atoms with Crippen molar-refractivity contribution in [3.63, 3.8) is 0 Å². The van der Waals surface area contributed by atoms with Crippen molar-refractivity contribution in [1.82, 2.24) is 0 Å². The van der Waals surface area contributed by atoms with Gasteiger partial charge in [0.2, 0.25) is 11.2 Å². The number of benzene rings is 2. The van der Waals surface area contributed by atoms with E-state index in [4.69, 9.17) is 13.9 Å². The van der Waals surface area contributed by atoms with E-state index in [-0.39, 0.29) is 11.2 Å². The SMILES string of the molecule is CCOc1ccc2c(=O)c(Oc3ccccc3CC)coc2c1. The van der Waals surface area contributed by atoms with Gasteiger partial charge in [-0.15, -0.1) is 0 Å². The minimum Gasteiger partial charge on any atom is -0.494 e. The Kier molecular flexibility index (Phi) is 4.33. The molecule has 4 heteroatoms. The summed E-state index contributed by atoms with van der Waals surface area (Å²) in [5.41, 5.74) is 1.33. The Morgan fingerprint density at radius 3 is 2.65 bits per heavy atom. The third kappa shape index (κ3) is 3.06. The van der Waals surface area contributed by atoms with Crippen molar-refractivity contribution in [3.05, 3.63) is 64.5 Å². The van der Waals surface area contributed by atoms with Crippen LogP contribution in [0.5, 0.6) is 17.2 Å². The quantitative estimate of drug-likeness (QED) is 0.694. The summed E-state index contributed by atoms with van der Waals surface area (Å²) in [7, 11) is 0. The van der Waals surface area contributed by atoms with E-state index in [1.807, 2.05) is 38.1 Å². The van der Waals surface area contributed by atoms with Crippen LogP contribution in [0.4, 0.5) is 0 Å². The lowest BCUT2D eigenvalue weighted by Gasteiger charge is -2.09. The molecule has 118 valence electrons. The molecule has 0 unspecified atom stereocenters. The Balaban J connectivity index is 2.01. The van der Waals surface area contributed by atoms with E-state index in [0.717, 1.165) is 12.0 Å². The number of fused-ring (bicyclic) bond motifs is 1. The highest BCUT2D eigenvalue weighted by Crippen LogP contribution is 2.26. The third-order valence-corrected chi connectivity index (χ3v) is 3.60. The predicted molar refractivity (Wildman–Crippen MR) is 89.5 cm³/mol. The highest BCUT2D eigenvalue weighted by Gasteiger charge is 2.11. The van der Waals surface area contributed by atoms with Crippen molar-refractivity contribution < 1.29 is 13.9 Å². The molecule has 2 aromatic carbocycles. The van der Waals surface area contributed by atoms with Crippen molar-refractivity contribution >= 4 is 11.0 Å². The predicted octanol–water partition coefficient (Wildman–Crippen LogP) is 4.55. The van der Waals surface area contributed by atoms with E-state index in [2.05, 4.69) is 0 Å². The summed E-state index contributed by atoms with van der Waals surface area (Å²) >= 11 is 0. The van der Waals surface area contributed by atoms with Gasteiger partial charge in [-0.2, -0.15) is 0 Å². The highest BCUT2D eigenvalue weighted by atomic mass is 16.5. The van der Waals surface area contributed by atoms with Crippen molar-refractivity contribution in [2.75, 3.05) is 6.61 Å². The minimum absolute atomic E-state index is 0.183. The maximum absolute atomic E-state index is 12.6. The Labute approximate surface area is 134 Å². The van der Waals surface area contributed by atoms with Crippen LogP contribution in [-0.4, -0.2) is 6.61 Å². The van der Waals surface area contributed by atoms with Crippen molar-refractivity contribution in [2.45, 2.75) is 20.3 Å². The average Bonchev–Trinajstić information content (AvgIpc) is 2.58. The lowest BCUT2D eigenvalue weighted by Crippen LogP contribution is -2.06. The van der Waals surface area contributed by atoms with Crippen molar-refractivity contribution in [1.29, 1.82) is 0 Å². The molecule has 0 N–H and O–H groups in total. The molecule has 3 rings (SSSR count). The van der Waals surface area contributed by atoms with Crippen LogP contribution < -0.4 is 14.9 Å². The highest BCUT2D eigenvalue weighted by molar-refractivity contribution is 5.79. The maximum atomic E-state index is 12.6. The summed E-state index contributed by atoms with van der Waals surface area (Å²) in [6.07, 6.45) is 2.18. The number of ether oxygens (including phenoxy) is 2. The van der Waals surface area contributed by atoms with Crippen LogP contribution in [0, 0.1) is 0 Å². The van der Waals surface area contributed by atoms with Crippen LogP contribution in [0.25, 0.3) is 11.0 Å². The zero-order valence-corrected chi connectivity index (χ0v) is 13.2. The molecule has 23 heavy (non-hydrogen) atoms. The second-order valence-corrected chi connectivity index (χ2v) is 5.08. The molecule has 0 saturated heterocycles. The van der Waals surface area contributed by atoms with Crippen molar-refractivity contribution in [3.8, 4) is 17.2 Å². The van der Waals surface area contributed by atoms with Gasteiger partial charge < -0.3 is 13.9 Å². The lowest BCUT2D eigenvalue weighted by atomic mass is 10.1. The fourth-order valence-corrected chi connectivity index (χ4v) is 2.43. The van der Waals surface area contributed by atoms with Crippen LogP contribution in [0.1, 0.15) is 19.4 Å². The molecule has 1 heterocycles. The van der Waals surface area contributed by atoms with Gasteiger partial charge in [0.25, 0.3) is 0 Å². The second kappa shape index (κ2) is 6.57. The summed E-state index contributed by atoms with van der Waals surface area (Å²) in [6.45, 7) is 4.51. The van der Waals surface area contributed by atoms with Gasteiger partial charge in [-0.3, -0.25) is 4.79 Å². The molecule has 0 aliphatic heterocycles. The first kappa shape index (κ1) is 15.2. The smallest absolute Gasteiger partial charge is 0.235 e. The van der Waals surface area contributed by atoms with Gasteiger partial charge in [-0.05, 0) is 37.1 Å². The van der Waals surface area contributed by atoms with E-state index in [9.17, 15) is 4.79 Å². The van der Waals surface area contributed by atoms with Gasteiger partial charge in [-0.25, -0.2) is 0 Å². The minimum atomic E-state index is -0.194. The van der Waals surface area contributed by atoms with Crippen LogP contribution in [0.3, 0.4) is 0 Å². The van der Waals surface area contributed by atoms with E-state index >= 15 is 0 Å². The molecular weight excluding hydrogens is 292 g/mol. The molecule has 0 saturated carbocycles. The van der Waals surface area contributed by atoms with Crippen LogP contribution in [0.2, 0.25) is 0 Å². The summed E-state index contributed by atoms with van der Waals surface area (Å²) < 4.78 is 16.7. The molecule has 0 radical (unpaired) electrons. The number of aryl methyl sites for hydroxylation is 1. The summed E-state index contributed by atoms with van der Waals surface area (Å²) in [6, 6.07) is 12.8. The second-order valence-electron chi connectivity index (χ2n) is 5.08. The van der Waals surface area contributed by atoms with Gasteiger partial charge in [-0.1, -0.05) is 25.1 Å². The number of rotatable bonds is 5. The van der Waals surface area contributed by atoms with E-state index in [1.54, 1.807) is 18.2 Å². The number of para-hydroxylation sites is 1. The molecule has 1 aromatic heterocycles. The van der Waals surface area contributed by atoms with Gasteiger partial charge in [0, 0.05) is 6.07 Å². The van der Waals surface area contributed by atoms with E-state index < -0.39 is 0 Å². The standard InChI is InChI=1S/C19H18O4/c1-3-13-7-5-6-8-16(13)23-18-12-22-17-11-14(21-4-2)9-10-15(17)19(18)20/h5-12H,3-4H2,1-2H3. The molecule has 0 aliphatic carbocycles. The van der Waals surface area contributed by atoms with Gasteiger partial charge in [0.1, 0.15) is 23.3 Å². The van der Waals surface area contributed by atoms with Crippen molar-refractivity contribution in [2.24, 2.45) is 0 Å². The molecule has 0 bridgehead atoms. The topological polar surface area (TPSA) is 48.7 Å².